The molecule has 0 radical (unpaired) electrons. The van der Waals surface area contributed by atoms with Crippen LogP contribution in [0.1, 0.15) is 12.5 Å². The molecule has 0 spiro atoms. The van der Waals surface area contributed by atoms with E-state index in [9.17, 15) is 4.79 Å². The van der Waals surface area contributed by atoms with E-state index in [0.717, 1.165) is 18.7 Å². The number of amides is 1. The number of rotatable bonds is 5. The highest BCUT2D eigenvalue weighted by Crippen LogP contribution is 2.25. The lowest BCUT2D eigenvalue weighted by Crippen LogP contribution is -2.59. The van der Waals surface area contributed by atoms with Gasteiger partial charge in [0.15, 0.2) is 0 Å². The highest BCUT2D eigenvalue weighted by molar-refractivity contribution is 5.93. The first-order chi connectivity index (χ1) is 9.02. The number of hydrogen-bond acceptors (Lipinski definition) is 4. The molecule has 1 heterocycles. The Labute approximate surface area is 113 Å². The van der Waals surface area contributed by atoms with Crippen molar-refractivity contribution in [3.63, 3.8) is 0 Å². The number of benzene rings is 1. The van der Waals surface area contributed by atoms with Crippen molar-refractivity contribution in [1.82, 2.24) is 5.32 Å². The molecular formula is C14H20N2O3. The zero-order valence-electron chi connectivity index (χ0n) is 11.6. The summed E-state index contributed by atoms with van der Waals surface area (Å²) < 4.78 is 10.8. The fourth-order valence-electron chi connectivity index (χ4n) is 1.91. The number of ether oxygens (including phenoxy) is 2. The Morgan fingerprint density at radius 1 is 1.47 bits per heavy atom. The highest BCUT2D eigenvalue weighted by atomic mass is 16.5. The Morgan fingerprint density at radius 3 is 2.79 bits per heavy atom. The molecule has 2 rings (SSSR count). The Kier molecular flexibility index (Phi) is 4.07. The first-order valence-corrected chi connectivity index (χ1v) is 6.32. The van der Waals surface area contributed by atoms with Gasteiger partial charge in [-0.25, -0.2) is 0 Å². The molecule has 1 saturated heterocycles. The second-order valence-electron chi connectivity index (χ2n) is 5.09. The Bertz CT molecular complexity index is 470. The fraction of sp³-hybridized carbons (Fsp3) is 0.500. The van der Waals surface area contributed by atoms with Gasteiger partial charge in [0.05, 0.1) is 18.4 Å². The second kappa shape index (κ2) is 5.59. The molecule has 0 aliphatic carbocycles. The van der Waals surface area contributed by atoms with Crippen LogP contribution in [0.15, 0.2) is 18.2 Å². The monoisotopic (exact) mass is 264 g/mol. The largest absolute Gasteiger partial charge is 0.495 e. The van der Waals surface area contributed by atoms with Crippen LogP contribution < -0.4 is 15.4 Å². The van der Waals surface area contributed by atoms with E-state index in [2.05, 4.69) is 10.6 Å². The van der Waals surface area contributed by atoms with Gasteiger partial charge < -0.3 is 20.1 Å². The first kappa shape index (κ1) is 13.8. The molecule has 1 amide bonds. The standard InChI is InChI=1S/C14H20N2O3/c1-10-4-5-11(12(6-10)18-3)16-13(17)7-19-14(2)8-15-9-14/h4-6,15H,7-9H2,1-3H3,(H,16,17). The molecule has 0 bridgehead atoms. The van der Waals surface area contributed by atoms with Crippen molar-refractivity contribution in [2.24, 2.45) is 0 Å². The van der Waals surface area contributed by atoms with E-state index in [1.807, 2.05) is 32.0 Å². The average molecular weight is 264 g/mol. The molecule has 19 heavy (non-hydrogen) atoms. The lowest BCUT2D eigenvalue weighted by molar-refractivity contribution is -0.130. The van der Waals surface area contributed by atoms with Crippen molar-refractivity contribution in [2.45, 2.75) is 19.4 Å². The van der Waals surface area contributed by atoms with Crippen LogP contribution in [0.25, 0.3) is 0 Å². The van der Waals surface area contributed by atoms with Crippen LogP contribution in [-0.2, 0) is 9.53 Å². The predicted molar refractivity (Wildman–Crippen MR) is 73.6 cm³/mol. The van der Waals surface area contributed by atoms with Crippen LogP contribution in [0.5, 0.6) is 5.75 Å². The number of carbonyl (C=O) groups excluding carboxylic acids is 1. The van der Waals surface area contributed by atoms with Crippen LogP contribution >= 0.6 is 0 Å². The third kappa shape index (κ3) is 3.45. The van der Waals surface area contributed by atoms with Gasteiger partial charge >= 0.3 is 0 Å². The predicted octanol–water partition coefficient (Wildman–Crippen LogP) is 1.32. The van der Waals surface area contributed by atoms with E-state index in [4.69, 9.17) is 9.47 Å². The maximum absolute atomic E-state index is 11.8. The molecule has 1 fully saturated rings. The van der Waals surface area contributed by atoms with Crippen LogP contribution in [0.2, 0.25) is 0 Å². The van der Waals surface area contributed by atoms with Gasteiger partial charge in [0.1, 0.15) is 12.4 Å². The summed E-state index contributed by atoms with van der Waals surface area (Å²) in [5.74, 6) is 0.486. The molecule has 0 unspecified atom stereocenters. The van der Waals surface area contributed by atoms with Gasteiger partial charge in [0, 0.05) is 13.1 Å². The van der Waals surface area contributed by atoms with Gasteiger partial charge in [-0.15, -0.1) is 0 Å². The third-order valence-corrected chi connectivity index (χ3v) is 3.18. The molecular weight excluding hydrogens is 244 g/mol. The molecule has 1 aromatic carbocycles. The Morgan fingerprint density at radius 2 is 2.21 bits per heavy atom. The van der Waals surface area contributed by atoms with Crippen molar-refractivity contribution in [3.05, 3.63) is 23.8 Å². The maximum atomic E-state index is 11.8. The Balaban J connectivity index is 1.91. The highest BCUT2D eigenvalue weighted by Gasteiger charge is 2.33. The molecule has 2 N–H and O–H groups in total. The maximum Gasteiger partial charge on any atom is 0.250 e. The minimum absolute atomic E-state index is 0.0508. The van der Waals surface area contributed by atoms with Gasteiger partial charge in [0.2, 0.25) is 0 Å². The van der Waals surface area contributed by atoms with E-state index >= 15 is 0 Å². The van der Waals surface area contributed by atoms with Gasteiger partial charge in [0.25, 0.3) is 5.91 Å². The smallest absolute Gasteiger partial charge is 0.250 e. The zero-order chi connectivity index (χ0) is 13.9. The number of aryl methyl sites for hydroxylation is 1. The minimum Gasteiger partial charge on any atom is -0.495 e. The quantitative estimate of drug-likeness (QED) is 0.842. The molecule has 0 saturated carbocycles. The number of methoxy groups -OCH3 is 1. The number of anilines is 1. The number of nitrogens with one attached hydrogen (secondary N) is 2. The molecule has 1 aliphatic heterocycles. The van der Waals surface area contributed by atoms with E-state index in [-0.39, 0.29) is 18.1 Å². The van der Waals surface area contributed by atoms with E-state index in [1.54, 1.807) is 7.11 Å². The third-order valence-electron chi connectivity index (χ3n) is 3.18. The Hall–Kier alpha value is -1.59. The first-order valence-electron chi connectivity index (χ1n) is 6.32. The van der Waals surface area contributed by atoms with Crippen LogP contribution in [0.4, 0.5) is 5.69 Å². The SMILES string of the molecule is COc1cc(C)ccc1NC(=O)COC1(C)CNC1. The van der Waals surface area contributed by atoms with Gasteiger partial charge in [-0.2, -0.15) is 0 Å². The molecule has 5 nitrogen and oxygen atoms in total. The summed E-state index contributed by atoms with van der Waals surface area (Å²) in [5, 5.41) is 5.92. The number of hydrogen-bond donors (Lipinski definition) is 2. The van der Waals surface area contributed by atoms with Crippen molar-refractivity contribution in [1.29, 1.82) is 0 Å². The molecule has 5 heteroatoms. The summed E-state index contributed by atoms with van der Waals surface area (Å²) in [6.07, 6.45) is 0. The van der Waals surface area contributed by atoms with E-state index in [0.29, 0.717) is 11.4 Å². The van der Waals surface area contributed by atoms with Crippen LogP contribution in [-0.4, -0.2) is 38.3 Å². The molecule has 1 aromatic rings. The summed E-state index contributed by atoms with van der Waals surface area (Å²) in [6.45, 7) is 5.59. The normalized spacial score (nSPS) is 16.6. The lowest BCUT2D eigenvalue weighted by Gasteiger charge is -2.38. The van der Waals surface area contributed by atoms with Crippen molar-refractivity contribution in [2.75, 3.05) is 32.1 Å². The molecule has 0 atom stereocenters. The van der Waals surface area contributed by atoms with Crippen LogP contribution in [0, 0.1) is 6.92 Å². The average Bonchev–Trinajstić information content (AvgIpc) is 2.36. The minimum atomic E-state index is -0.214. The van der Waals surface area contributed by atoms with Gasteiger partial charge in [-0.05, 0) is 31.5 Å². The van der Waals surface area contributed by atoms with Crippen molar-refractivity contribution >= 4 is 11.6 Å². The van der Waals surface area contributed by atoms with Crippen molar-refractivity contribution in [3.8, 4) is 5.75 Å². The summed E-state index contributed by atoms with van der Waals surface area (Å²) in [4.78, 5) is 11.8. The van der Waals surface area contributed by atoms with Gasteiger partial charge in [-0.3, -0.25) is 4.79 Å². The van der Waals surface area contributed by atoms with E-state index in [1.165, 1.54) is 0 Å². The van der Waals surface area contributed by atoms with Gasteiger partial charge in [-0.1, -0.05) is 6.07 Å². The second-order valence-corrected chi connectivity index (χ2v) is 5.09. The lowest BCUT2D eigenvalue weighted by atomic mass is 10.0. The fourth-order valence-corrected chi connectivity index (χ4v) is 1.91. The summed E-state index contributed by atoms with van der Waals surface area (Å²) >= 11 is 0. The van der Waals surface area contributed by atoms with Crippen molar-refractivity contribution < 1.29 is 14.3 Å². The van der Waals surface area contributed by atoms with Crippen LogP contribution in [0.3, 0.4) is 0 Å². The summed E-state index contributed by atoms with van der Waals surface area (Å²) in [7, 11) is 1.59. The topological polar surface area (TPSA) is 59.6 Å². The zero-order valence-corrected chi connectivity index (χ0v) is 11.6. The molecule has 104 valence electrons. The van der Waals surface area contributed by atoms with E-state index < -0.39 is 0 Å². The number of carbonyl (C=O) groups is 1. The summed E-state index contributed by atoms with van der Waals surface area (Å²) in [5.41, 5.74) is 1.53. The molecule has 1 aliphatic rings. The molecule has 0 aromatic heterocycles. The summed E-state index contributed by atoms with van der Waals surface area (Å²) in [6, 6.07) is 5.64.